The van der Waals surface area contributed by atoms with Crippen LogP contribution in [0.5, 0.6) is 0 Å². The van der Waals surface area contributed by atoms with Crippen LogP contribution in [0.1, 0.15) is 31.9 Å². The molecule has 0 saturated carbocycles. The van der Waals surface area contributed by atoms with E-state index in [9.17, 15) is 9.59 Å². The number of hydrogen-bond donors (Lipinski definition) is 0. The third-order valence-electron chi connectivity index (χ3n) is 4.99. The highest BCUT2D eigenvalue weighted by atomic mass is 35.5. The zero-order valence-corrected chi connectivity index (χ0v) is 17.5. The molecule has 0 saturated heterocycles. The average molecular weight is 418 g/mol. The number of hydrogen-bond acceptors (Lipinski definition) is 3. The number of benzene rings is 2. The van der Waals surface area contributed by atoms with Gasteiger partial charge in [-0.1, -0.05) is 59.6 Å². The Kier molecular flexibility index (Phi) is 5.82. The van der Waals surface area contributed by atoms with E-state index in [1.54, 1.807) is 39.0 Å². The van der Waals surface area contributed by atoms with Crippen LogP contribution in [0.2, 0.25) is 10.0 Å². The number of nitrogens with zero attached hydrogens (tertiary/aromatic N) is 1. The van der Waals surface area contributed by atoms with E-state index < -0.39 is 5.54 Å². The standard InChI is InChI=1S/C22H21Cl2NO3/c1-14-20(16-7-5-4-6-8-16)21(27)25(13-28-14)22(2,3)19(26)12-15-9-10-17(23)18(24)11-15/h4-11H,12-13H2,1-3H3. The van der Waals surface area contributed by atoms with Crippen molar-refractivity contribution in [2.75, 3.05) is 6.73 Å². The summed E-state index contributed by atoms with van der Waals surface area (Å²) in [6, 6.07) is 14.4. The second-order valence-corrected chi connectivity index (χ2v) is 8.03. The van der Waals surface area contributed by atoms with Crippen molar-refractivity contribution in [3.05, 3.63) is 75.5 Å². The monoisotopic (exact) mass is 417 g/mol. The Balaban J connectivity index is 1.86. The first-order valence-corrected chi connectivity index (χ1v) is 9.65. The van der Waals surface area contributed by atoms with Gasteiger partial charge in [-0.3, -0.25) is 14.5 Å². The summed E-state index contributed by atoms with van der Waals surface area (Å²) in [5.41, 5.74) is 0.932. The van der Waals surface area contributed by atoms with Gasteiger partial charge in [0.05, 0.1) is 21.2 Å². The van der Waals surface area contributed by atoms with Gasteiger partial charge in [-0.2, -0.15) is 0 Å². The third kappa shape index (κ3) is 3.94. The molecule has 0 unspecified atom stereocenters. The maximum absolute atomic E-state index is 13.2. The van der Waals surface area contributed by atoms with Gasteiger partial charge in [0.1, 0.15) is 5.76 Å². The first kappa shape index (κ1) is 20.4. The van der Waals surface area contributed by atoms with Crippen molar-refractivity contribution >= 4 is 40.5 Å². The van der Waals surface area contributed by atoms with Crippen LogP contribution >= 0.6 is 23.2 Å². The van der Waals surface area contributed by atoms with Crippen LogP contribution < -0.4 is 0 Å². The molecule has 2 aromatic carbocycles. The third-order valence-corrected chi connectivity index (χ3v) is 5.73. The molecular formula is C22H21Cl2NO3. The van der Waals surface area contributed by atoms with Gasteiger partial charge >= 0.3 is 0 Å². The molecule has 0 fully saturated rings. The molecule has 1 aliphatic rings. The molecule has 1 aliphatic heterocycles. The Hall–Kier alpha value is -2.30. The van der Waals surface area contributed by atoms with E-state index in [0.29, 0.717) is 21.4 Å². The largest absolute Gasteiger partial charge is 0.477 e. The molecule has 1 heterocycles. The normalized spacial score (nSPS) is 14.9. The van der Waals surface area contributed by atoms with E-state index in [1.807, 2.05) is 30.3 Å². The first-order chi connectivity index (χ1) is 13.2. The van der Waals surface area contributed by atoms with Crippen molar-refractivity contribution in [2.45, 2.75) is 32.7 Å². The Bertz CT molecular complexity index is 952. The number of allylic oxidation sites excluding steroid dienone is 1. The molecule has 0 bridgehead atoms. The van der Waals surface area contributed by atoms with E-state index in [1.165, 1.54) is 4.90 Å². The number of halogens is 2. The van der Waals surface area contributed by atoms with Crippen molar-refractivity contribution < 1.29 is 14.3 Å². The lowest BCUT2D eigenvalue weighted by Gasteiger charge is -2.40. The summed E-state index contributed by atoms with van der Waals surface area (Å²) in [6.07, 6.45) is 0.136. The molecule has 0 aromatic heterocycles. The lowest BCUT2D eigenvalue weighted by molar-refractivity contribution is -0.148. The highest BCUT2D eigenvalue weighted by Crippen LogP contribution is 2.31. The van der Waals surface area contributed by atoms with Gasteiger partial charge in [0.25, 0.3) is 5.91 Å². The molecule has 146 valence electrons. The van der Waals surface area contributed by atoms with Gasteiger partial charge in [-0.15, -0.1) is 0 Å². The quantitative estimate of drug-likeness (QED) is 0.676. The first-order valence-electron chi connectivity index (χ1n) is 8.90. The van der Waals surface area contributed by atoms with E-state index in [0.717, 1.165) is 11.1 Å². The van der Waals surface area contributed by atoms with Crippen LogP contribution in [0.3, 0.4) is 0 Å². The average Bonchev–Trinajstić information content (AvgIpc) is 2.65. The summed E-state index contributed by atoms with van der Waals surface area (Å²) in [4.78, 5) is 27.8. The van der Waals surface area contributed by atoms with Crippen molar-refractivity contribution in [1.82, 2.24) is 4.90 Å². The van der Waals surface area contributed by atoms with Crippen molar-refractivity contribution in [3.8, 4) is 0 Å². The maximum atomic E-state index is 13.2. The molecule has 6 heteroatoms. The molecule has 1 amide bonds. The van der Waals surface area contributed by atoms with Gasteiger partial charge in [0.2, 0.25) is 0 Å². The molecule has 28 heavy (non-hydrogen) atoms. The van der Waals surface area contributed by atoms with E-state index >= 15 is 0 Å². The van der Waals surface area contributed by atoms with Gasteiger partial charge in [-0.25, -0.2) is 0 Å². The fraction of sp³-hybridized carbons (Fsp3) is 0.273. The van der Waals surface area contributed by atoms with Gasteiger partial charge in [-0.05, 0) is 44.0 Å². The second-order valence-electron chi connectivity index (χ2n) is 7.21. The van der Waals surface area contributed by atoms with Gasteiger partial charge < -0.3 is 4.74 Å². The minimum Gasteiger partial charge on any atom is -0.477 e. The predicted molar refractivity (Wildman–Crippen MR) is 111 cm³/mol. The molecule has 0 N–H and O–H groups in total. The molecule has 0 spiro atoms. The topological polar surface area (TPSA) is 46.6 Å². The van der Waals surface area contributed by atoms with Crippen molar-refractivity contribution in [2.24, 2.45) is 0 Å². The SMILES string of the molecule is CC1=C(c2ccccc2)C(=O)N(C(C)(C)C(=O)Cc2ccc(Cl)c(Cl)c2)CO1. The van der Waals surface area contributed by atoms with Crippen LogP contribution in [0.4, 0.5) is 0 Å². The highest BCUT2D eigenvalue weighted by molar-refractivity contribution is 6.42. The van der Waals surface area contributed by atoms with Crippen LogP contribution in [0.15, 0.2) is 54.3 Å². The minimum atomic E-state index is -1.05. The zero-order valence-electron chi connectivity index (χ0n) is 16.0. The second kappa shape index (κ2) is 7.98. The van der Waals surface area contributed by atoms with Crippen molar-refractivity contribution in [3.63, 3.8) is 0 Å². The van der Waals surface area contributed by atoms with Crippen LogP contribution in [-0.4, -0.2) is 28.9 Å². The fourth-order valence-electron chi connectivity index (χ4n) is 3.13. The molecule has 2 aromatic rings. The molecule has 0 atom stereocenters. The Morgan fingerprint density at radius 1 is 1.11 bits per heavy atom. The number of rotatable bonds is 5. The summed E-state index contributed by atoms with van der Waals surface area (Å²) >= 11 is 12.0. The zero-order chi connectivity index (χ0) is 20.5. The van der Waals surface area contributed by atoms with Gasteiger partial charge in [0, 0.05) is 6.42 Å². The summed E-state index contributed by atoms with van der Waals surface area (Å²) in [6.45, 7) is 5.26. The Labute approximate surface area is 174 Å². The lowest BCUT2D eigenvalue weighted by atomic mass is 9.90. The van der Waals surface area contributed by atoms with Gasteiger partial charge in [0.15, 0.2) is 12.5 Å². The minimum absolute atomic E-state index is 0.0289. The fourth-order valence-corrected chi connectivity index (χ4v) is 3.45. The summed E-state index contributed by atoms with van der Waals surface area (Å²) in [5, 5.41) is 0.830. The molecule has 3 rings (SSSR count). The lowest BCUT2D eigenvalue weighted by Crippen LogP contribution is -2.56. The smallest absolute Gasteiger partial charge is 0.261 e. The summed E-state index contributed by atoms with van der Waals surface area (Å²) < 4.78 is 5.74. The van der Waals surface area contributed by atoms with Crippen molar-refractivity contribution in [1.29, 1.82) is 0 Å². The molecule has 4 nitrogen and oxygen atoms in total. The Morgan fingerprint density at radius 2 is 1.79 bits per heavy atom. The summed E-state index contributed by atoms with van der Waals surface area (Å²) in [5.74, 6) is 0.220. The van der Waals surface area contributed by atoms with E-state index in [-0.39, 0.29) is 24.8 Å². The molecule has 0 aliphatic carbocycles. The van der Waals surface area contributed by atoms with E-state index in [4.69, 9.17) is 27.9 Å². The van der Waals surface area contributed by atoms with Crippen LogP contribution in [-0.2, 0) is 20.7 Å². The number of ketones is 1. The number of ether oxygens (including phenoxy) is 1. The molecular weight excluding hydrogens is 397 g/mol. The van der Waals surface area contributed by atoms with E-state index in [2.05, 4.69) is 0 Å². The maximum Gasteiger partial charge on any atom is 0.261 e. The Morgan fingerprint density at radius 3 is 2.43 bits per heavy atom. The number of carbonyl (C=O) groups excluding carboxylic acids is 2. The summed E-state index contributed by atoms with van der Waals surface area (Å²) in [7, 11) is 0. The van der Waals surface area contributed by atoms with Crippen LogP contribution in [0.25, 0.3) is 5.57 Å². The molecule has 0 radical (unpaired) electrons. The number of Topliss-reactive ketones (excluding diaryl/α,β-unsaturated/α-hetero) is 1. The number of carbonyl (C=O) groups is 2. The van der Waals surface area contributed by atoms with Crippen LogP contribution in [0, 0.1) is 0 Å². The predicted octanol–water partition coefficient (Wildman–Crippen LogP) is 5.13. The number of amides is 1. The highest BCUT2D eigenvalue weighted by Gasteiger charge is 2.41.